The molecule has 1 unspecified atom stereocenters. The second-order valence-corrected chi connectivity index (χ2v) is 6.59. The predicted octanol–water partition coefficient (Wildman–Crippen LogP) is 3.09. The first-order valence-electron chi connectivity index (χ1n) is 6.82. The molecule has 2 aliphatic rings. The standard InChI is InChI=1S/C15H18BrNO2/c1-9-7-17(8-12(9)15(18)19)14-6-5-10-11(14)3-2-4-13(10)16/h2-4,9,12,14H,5-8H2,1H3,(H,18,19)/t9-,12-,14?/m1/s1. The van der Waals surface area contributed by atoms with Crippen molar-refractivity contribution in [1.82, 2.24) is 4.90 Å². The molecule has 102 valence electrons. The number of hydrogen-bond donors (Lipinski definition) is 1. The van der Waals surface area contributed by atoms with E-state index in [1.165, 1.54) is 15.6 Å². The molecule has 1 saturated heterocycles. The van der Waals surface area contributed by atoms with Crippen molar-refractivity contribution in [3.63, 3.8) is 0 Å². The molecule has 0 bridgehead atoms. The van der Waals surface area contributed by atoms with Gasteiger partial charge in [-0.25, -0.2) is 0 Å². The van der Waals surface area contributed by atoms with Crippen LogP contribution in [0.25, 0.3) is 0 Å². The maximum absolute atomic E-state index is 11.2. The molecule has 1 N–H and O–H groups in total. The summed E-state index contributed by atoms with van der Waals surface area (Å²) in [5, 5.41) is 9.25. The number of likely N-dealkylation sites (tertiary alicyclic amines) is 1. The Morgan fingerprint density at radius 1 is 1.42 bits per heavy atom. The van der Waals surface area contributed by atoms with Crippen molar-refractivity contribution in [3.8, 4) is 0 Å². The Hall–Kier alpha value is -0.870. The summed E-state index contributed by atoms with van der Waals surface area (Å²) in [4.78, 5) is 13.6. The van der Waals surface area contributed by atoms with Crippen LogP contribution in [-0.2, 0) is 11.2 Å². The number of benzene rings is 1. The first kappa shape index (κ1) is 13.1. The normalized spacial score (nSPS) is 30.5. The van der Waals surface area contributed by atoms with Crippen LogP contribution in [0.5, 0.6) is 0 Å². The quantitative estimate of drug-likeness (QED) is 0.909. The second kappa shape index (κ2) is 4.91. The molecule has 3 nitrogen and oxygen atoms in total. The number of carbonyl (C=O) groups is 1. The number of carboxylic acid groups (broad SMARTS) is 1. The minimum atomic E-state index is -0.650. The highest BCUT2D eigenvalue weighted by Gasteiger charge is 2.40. The molecule has 3 rings (SSSR count). The van der Waals surface area contributed by atoms with E-state index in [2.05, 4.69) is 46.0 Å². The lowest BCUT2D eigenvalue weighted by Gasteiger charge is -2.24. The molecule has 0 saturated carbocycles. The van der Waals surface area contributed by atoms with Crippen LogP contribution < -0.4 is 0 Å². The predicted molar refractivity (Wildman–Crippen MR) is 77.1 cm³/mol. The van der Waals surface area contributed by atoms with Crippen LogP contribution in [0.2, 0.25) is 0 Å². The van der Waals surface area contributed by atoms with Gasteiger partial charge in [0.05, 0.1) is 5.92 Å². The van der Waals surface area contributed by atoms with Crippen molar-refractivity contribution >= 4 is 21.9 Å². The SMILES string of the molecule is C[C@@H]1CN(C2CCc3c(Br)cccc32)C[C@H]1C(=O)O. The van der Waals surface area contributed by atoms with Gasteiger partial charge in [-0.3, -0.25) is 9.69 Å². The van der Waals surface area contributed by atoms with Crippen molar-refractivity contribution in [2.45, 2.75) is 25.8 Å². The molecule has 0 spiro atoms. The number of fused-ring (bicyclic) bond motifs is 1. The van der Waals surface area contributed by atoms with E-state index in [-0.39, 0.29) is 11.8 Å². The van der Waals surface area contributed by atoms with Crippen molar-refractivity contribution in [1.29, 1.82) is 0 Å². The molecule has 0 radical (unpaired) electrons. The summed E-state index contributed by atoms with van der Waals surface area (Å²) in [6.45, 7) is 3.64. The van der Waals surface area contributed by atoms with Gasteiger partial charge in [0.1, 0.15) is 0 Å². The van der Waals surface area contributed by atoms with Gasteiger partial charge in [0, 0.05) is 23.6 Å². The minimum Gasteiger partial charge on any atom is -0.481 e. The summed E-state index contributed by atoms with van der Waals surface area (Å²) in [6, 6.07) is 6.76. The van der Waals surface area contributed by atoms with E-state index in [0.29, 0.717) is 12.6 Å². The van der Waals surface area contributed by atoms with Gasteiger partial charge < -0.3 is 5.11 Å². The Bertz CT molecular complexity index is 517. The van der Waals surface area contributed by atoms with E-state index in [1.807, 2.05) is 0 Å². The molecule has 0 aromatic heterocycles. The van der Waals surface area contributed by atoms with Gasteiger partial charge in [-0.05, 0) is 36.0 Å². The fraction of sp³-hybridized carbons (Fsp3) is 0.533. The first-order valence-corrected chi connectivity index (χ1v) is 7.61. The maximum Gasteiger partial charge on any atom is 0.308 e. The van der Waals surface area contributed by atoms with Crippen LogP contribution in [0.1, 0.15) is 30.5 Å². The number of carboxylic acids is 1. The van der Waals surface area contributed by atoms with Gasteiger partial charge in [-0.15, -0.1) is 0 Å². The number of aliphatic carboxylic acids is 1. The topological polar surface area (TPSA) is 40.5 Å². The van der Waals surface area contributed by atoms with Crippen molar-refractivity contribution in [3.05, 3.63) is 33.8 Å². The van der Waals surface area contributed by atoms with Crippen LogP contribution in [0.4, 0.5) is 0 Å². The molecule has 1 heterocycles. The van der Waals surface area contributed by atoms with Crippen LogP contribution >= 0.6 is 15.9 Å². The number of rotatable bonds is 2. The third-order valence-corrected chi connectivity index (χ3v) is 5.32. The van der Waals surface area contributed by atoms with E-state index in [4.69, 9.17) is 0 Å². The molecule has 1 aliphatic carbocycles. The third kappa shape index (κ3) is 2.21. The summed E-state index contributed by atoms with van der Waals surface area (Å²) in [5.41, 5.74) is 2.78. The third-order valence-electron chi connectivity index (χ3n) is 4.58. The smallest absolute Gasteiger partial charge is 0.308 e. The molecule has 1 fully saturated rings. The zero-order chi connectivity index (χ0) is 13.6. The molecule has 19 heavy (non-hydrogen) atoms. The van der Waals surface area contributed by atoms with Crippen LogP contribution in [-0.4, -0.2) is 29.1 Å². The lowest BCUT2D eigenvalue weighted by atomic mass is 9.99. The van der Waals surface area contributed by atoms with Gasteiger partial charge in [-0.1, -0.05) is 35.0 Å². The lowest BCUT2D eigenvalue weighted by molar-refractivity contribution is -0.142. The van der Waals surface area contributed by atoms with Gasteiger partial charge in [0.15, 0.2) is 0 Å². The Balaban J connectivity index is 1.84. The summed E-state index contributed by atoms with van der Waals surface area (Å²) in [7, 11) is 0. The molecule has 0 amide bonds. The van der Waals surface area contributed by atoms with Crippen molar-refractivity contribution < 1.29 is 9.90 Å². The Labute approximate surface area is 121 Å². The molecule has 4 heteroatoms. The van der Waals surface area contributed by atoms with Gasteiger partial charge in [0.25, 0.3) is 0 Å². The first-order chi connectivity index (χ1) is 9.08. The molecule has 3 atom stereocenters. The van der Waals surface area contributed by atoms with E-state index in [9.17, 15) is 9.90 Å². The molecular formula is C15H18BrNO2. The van der Waals surface area contributed by atoms with Crippen LogP contribution in [0.3, 0.4) is 0 Å². The van der Waals surface area contributed by atoms with Gasteiger partial charge >= 0.3 is 5.97 Å². The van der Waals surface area contributed by atoms with Crippen LogP contribution in [0.15, 0.2) is 22.7 Å². The minimum absolute atomic E-state index is 0.212. The Kier molecular flexibility index (Phi) is 3.39. The number of halogens is 1. The highest BCUT2D eigenvalue weighted by atomic mass is 79.9. The number of nitrogens with zero attached hydrogens (tertiary/aromatic N) is 1. The fourth-order valence-electron chi connectivity index (χ4n) is 3.55. The fourth-order valence-corrected chi connectivity index (χ4v) is 4.13. The van der Waals surface area contributed by atoms with E-state index in [0.717, 1.165) is 19.4 Å². The largest absolute Gasteiger partial charge is 0.481 e. The highest BCUT2D eigenvalue weighted by Crippen LogP contribution is 2.42. The zero-order valence-corrected chi connectivity index (χ0v) is 12.6. The van der Waals surface area contributed by atoms with Gasteiger partial charge in [0.2, 0.25) is 0 Å². The van der Waals surface area contributed by atoms with Gasteiger partial charge in [-0.2, -0.15) is 0 Å². The molecule has 1 aromatic rings. The highest BCUT2D eigenvalue weighted by molar-refractivity contribution is 9.10. The average molecular weight is 324 g/mol. The Morgan fingerprint density at radius 3 is 2.89 bits per heavy atom. The monoisotopic (exact) mass is 323 g/mol. The van der Waals surface area contributed by atoms with Crippen molar-refractivity contribution in [2.24, 2.45) is 11.8 Å². The molecule has 1 aliphatic heterocycles. The lowest BCUT2D eigenvalue weighted by Crippen LogP contribution is -2.26. The van der Waals surface area contributed by atoms with E-state index in [1.54, 1.807) is 0 Å². The Morgan fingerprint density at radius 2 is 2.21 bits per heavy atom. The molecule has 1 aromatic carbocycles. The van der Waals surface area contributed by atoms with Crippen molar-refractivity contribution in [2.75, 3.05) is 13.1 Å². The summed E-state index contributed by atoms with van der Waals surface area (Å²) in [5.74, 6) is -0.618. The summed E-state index contributed by atoms with van der Waals surface area (Å²) in [6.07, 6.45) is 2.20. The molecular weight excluding hydrogens is 306 g/mol. The zero-order valence-electron chi connectivity index (χ0n) is 11.0. The summed E-state index contributed by atoms with van der Waals surface area (Å²) >= 11 is 3.62. The average Bonchev–Trinajstić information content (AvgIpc) is 2.93. The van der Waals surface area contributed by atoms with E-state index >= 15 is 0 Å². The maximum atomic E-state index is 11.2. The number of hydrogen-bond acceptors (Lipinski definition) is 2. The second-order valence-electron chi connectivity index (χ2n) is 5.74. The van der Waals surface area contributed by atoms with E-state index < -0.39 is 5.97 Å². The van der Waals surface area contributed by atoms with Crippen LogP contribution in [0, 0.1) is 11.8 Å². The summed E-state index contributed by atoms with van der Waals surface area (Å²) < 4.78 is 1.19.